The summed E-state index contributed by atoms with van der Waals surface area (Å²) in [6, 6.07) is 0. The van der Waals surface area contributed by atoms with Crippen LogP contribution in [0.1, 0.15) is 47.5 Å². The van der Waals surface area contributed by atoms with Crippen LogP contribution in [0.4, 0.5) is 0 Å². The summed E-state index contributed by atoms with van der Waals surface area (Å²) in [6.07, 6.45) is 1.78. The van der Waals surface area contributed by atoms with Crippen LogP contribution in [0.25, 0.3) is 0 Å². The van der Waals surface area contributed by atoms with Gasteiger partial charge in [0.05, 0.1) is 5.54 Å². The fraction of sp³-hybridized carbons (Fsp3) is 0.923. The topological polar surface area (TPSA) is 32.3 Å². The molecule has 0 aromatic heterocycles. The molecule has 2 saturated heterocycles. The predicted octanol–water partition coefficient (Wildman–Crippen LogP) is 1.78. The number of rotatable bonds is 0. The molecule has 2 rings (SSSR count). The fourth-order valence-corrected chi connectivity index (χ4v) is 3.15. The first-order chi connectivity index (χ1) is 7.12. The number of piperidine rings is 1. The molecule has 2 aliphatic rings. The molecule has 0 unspecified atom stereocenters. The van der Waals surface area contributed by atoms with Crippen molar-refractivity contribution in [3.05, 3.63) is 0 Å². The summed E-state index contributed by atoms with van der Waals surface area (Å²) in [5.41, 5.74) is 0.440. The second kappa shape index (κ2) is 3.22. The number of carbonyl (C=O) groups excluding carboxylic acids is 1. The van der Waals surface area contributed by atoms with E-state index >= 15 is 0 Å². The Morgan fingerprint density at radius 1 is 1.25 bits per heavy atom. The average molecular weight is 224 g/mol. The first-order valence-corrected chi connectivity index (χ1v) is 6.18. The lowest BCUT2D eigenvalue weighted by molar-refractivity contribution is -0.138. The molecule has 0 bridgehead atoms. The SMILES string of the molecule is CC1(C)CC(=O)NC2(CN(C(C)(C)C)C2)C1. The van der Waals surface area contributed by atoms with Gasteiger partial charge in [-0.25, -0.2) is 0 Å². The van der Waals surface area contributed by atoms with Crippen molar-refractivity contribution in [2.75, 3.05) is 13.1 Å². The molecular weight excluding hydrogens is 200 g/mol. The van der Waals surface area contributed by atoms with E-state index in [1.54, 1.807) is 0 Å². The van der Waals surface area contributed by atoms with Crippen molar-refractivity contribution in [2.24, 2.45) is 5.41 Å². The lowest BCUT2D eigenvalue weighted by Gasteiger charge is -2.59. The smallest absolute Gasteiger partial charge is 0.221 e. The zero-order valence-corrected chi connectivity index (χ0v) is 11.2. The zero-order chi connectivity index (χ0) is 12.2. The molecule has 1 spiro atoms. The van der Waals surface area contributed by atoms with Crippen LogP contribution in [-0.4, -0.2) is 35.0 Å². The number of nitrogens with one attached hydrogen (secondary N) is 1. The highest BCUT2D eigenvalue weighted by atomic mass is 16.2. The molecule has 0 atom stereocenters. The Hall–Kier alpha value is -0.570. The molecule has 1 amide bonds. The molecule has 0 aromatic carbocycles. The third-order valence-electron chi connectivity index (χ3n) is 3.80. The van der Waals surface area contributed by atoms with Gasteiger partial charge in [0.25, 0.3) is 0 Å². The number of nitrogens with zero attached hydrogens (tertiary/aromatic N) is 1. The predicted molar refractivity (Wildman–Crippen MR) is 65.2 cm³/mol. The minimum atomic E-state index is 0.0616. The Morgan fingerprint density at radius 3 is 2.25 bits per heavy atom. The highest BCUT2D eigenvalue weighted by molar-refractivity contribution is 5.79. The standard InChI is InChI=1S/C13H24N2O/c1-11(2,3)15-8-13(9-15)7-12(4,5)6-10(16)14-13/h6-9H2,1-5H3,(H,14,16). The Bertz CT molecular complexity index is 308. The van der Waals surface area contributed by atoms with Crippen molar-refractivity contribution in [3.63, 3.8) is 0 Å². The highest BCUT2D eigenvalue weighted by Crippen LogP contribution is 2.42. The molecule has 92 valence electrons. The van der Waals surface area contributed by atoms with Crippen molar-refractivity contribution in [2.45, 2.75) is 58.5 Å². The van der Waals surface area contributed by atoms with Crippen LogP contribution in [-0.2, 0) is 4.79 Å². The Labute approximate surface area is 98.6 Å². The number of amides is 1. The average Bonchev–Trinajstić information content (AvgIpc) is 1.93. The maximum absolute atomic E-state index is 11.7. The third kappa shape index (κ3) is 2.10. The van der Waals surface area contributed by atoms with Gasteiger partial charge in [-0.3, -0.25) is 9.69 Å². The van der Waals surface area contributed by atoms with Crippen molar-refractivity contribution in [3.8, 4) is 0 Å². The second-order valence-corrected chi connectivity index (χ2v) is 7.37. The molecule has 0 aromatic rings. The van der Waals surface area contributed by atoms with Crippen LogP contribution in [0.3, 0.4) is 0 Å². The summed E-state index contributed by atoms with van der Waals surface area (Å²) < 4.78 is 0. The minimum Gasteiger partial charge on any atom is -0.348 e. The summed E-state index contributed by atoms with van der Waals surface area (Å²) in [6.45, 7) is 13.1. The van der Waals surface area contributed by atoms with E-state index in [-0.39, 0.29) is 22.4 Å². The van der Waals surface area contributed by atoms with Gasteiger partial charge in [0.15, 0.2) is 0 Å². The fourth-order valence-electron chi connectivity index (χ4n) is 3.15. The van der Waals surface area contributed by atoms with E-state index in [1.165, 1.54) is 0 Å². The summed E-state index contributed by atoms with van der Waals surface area (Å²) in [4.78, 5) is 14.2. The Morgan fingerprint density at radius 2 is 1.81 bits per heavy atom. The molecule has 3 heteroatoms. The summed E-state index contributed by atoms with van der Waals surface area (Å²) in [5.74, 6) is 0.227. The summed E-state index contributed by atoms with van der Waals surface area (Å²) >= 11 is 0. The van der Waals surface area contributed by atoms with Crippen molar-refractivity contribution in [1.82, 2.24) is 10.2 Å². The van der Waals surface area contributed by atoms with Crippen LogP contribution in [0.2, 0.25) is 0 Å². The van der Waals surface area contributed by atoms with E-state index in [9.17, 15) is 4.79 Å². The maximum Gasteiger partial charge on any atom is 0.221 e. The molecular formula is C13H24N2O. The van der Waals surface area contributed by atoms with Gasteiger partial charge in [-0.1, -0.05) is 13.8 Å². The van der Waals surface area contributed by atoms with E-state index in [4.69, 9.17) is 0 Å². The van der Waals surface area contributed by atoms with E-state index < -0.39 is 0 Å². The molecule has 16 heavy (non-hydrogen) atoms. The highest BCUT2D eigenvalue weighted by Gasteiger charge is 2.52. The van der Waals surface area contributed by atoms with Crippen molar-refractivity contribution < 1.29 is 4.79 Å². The lowest BCUT2D eigenvalue weighted by atomic mass is 9.68. The van der Waals surface area contributed by atoms with Gasteiger partial charge in [0.1, 0.15) is 0 Å². The van der Waals surface area contributed by atoms with Crippen LogP contribution < -0.4 is 5.32 Å². The van der Waals surface area contributed by atoms with Gasteiger partial charge in [0.2, 0.25) is 5.91 Å². The van der Waals surface area contributed by atoms with Crippen LogP contribution in [0.15, 0.2) is 0 Å². The molecule has 2 aliphatic heterocycles. The van der Waals surface area contributed by atoms with Crippen LogP contribution in [0, 0.1) is 5.41 Å². The third-order valence-corrected chi connectivity index (χ3v) is 3.80. The minimum absolute atomic E-state index is 0.0616. The zero-order valence-electron chi connectivity index (χ0n) is 11.2. The normalized spacial score (nSPS) is 28.7. The van der Waals surface area contributed by atoms with E-state index in [0.717, 1.165) is 19.5 Å². The van der Waals surface area contributed by atoms with Crippen molar-refractivity contribution in [1.29, 1.82) is 0 Å². The van der Waals surface area contributed by atoms with Gasteiger partial charge in [-0.15, -0.1) is 0 Å². The summed E-state index contributed by atoms with van der Waals surface area (Å²) in [7, 11) is 0. The Balaban J connectivity index is 2.05. The van der Waals surface area contributed by atoms with Gasteiger partial charge in [-0.2, -0.15) is 0 Å². The van der Waals surface area contributed by atoms with Gasteiger partial charge >= 0.3 is 0 Å². The molecule has 0 aliphatic carbocycles. The van der Waals surface area contributed by atoms with E-state index in [1.807, 2.05) is 0 Å². The van der Waals surface area contributed by atoms with Crippen LogP contribution >= 0.6 is 0 Å². The molecule has 0 radical (unpaired) electrons. The van der Waals surface area contributed by atoms with E-state index in [2.05, 4.69) is 44.8 Å². The molecule has 2 fully saturated rings. The first-order valence-electron chi connectivity index (χ1n) is 6.18. The number of hydrogen-bond acceptors (Lipinski definition) is 2. The first kappa shape index (κ1) is 11.9. The number of hydrogen-bond donors (Lipinski definition) is 1. The Kier molecular flexibility index (Phi) is 2.40. The maximum atomic E-state index is 11.7. The van der Waals surface area contributed by atoms with Crippen LogP contribution in [0.5, 0.6) is 0 Å². The largest absolute Gasteiger partial charge is 0.348 e. The van der Waals surface area contributed by atoms with E-state index in [0.29, 0.717) is 6.42 Å². The number of carbonyl (C=O) groups is 1. The molecule has 3 nitrogen and oxygen atoms in total. The lowest BCUT2D eigenvalue weighted by Crippen LogP contribution is -2.76. The van der Waals surface area contributed by atoms with Gasteiger partial charge in [-0.05, 0) is 32.6 Å². The van der Waals surface area contributed by atoms with Gasteiger partial charge in [0, 0.05) is 25.0 Å². The molecule has 1 N–H and O–H groups in total. The van der Waals surface area contributed by atoms with Gasteiger partial charge < -0.3 is 5.32 Å². The quantitative estimate of drug-likeness (QED) is 0.680. The molecule has 0 saturated carbocycles. The number of likely N-dealkylation sites (tertiary alicyclic amines) is 1. The summed E-state index contributed by atoms with van der Waals surface area (Å²) in [5, 5.41) is 3.21. The molecule has 2 heterocycles. The monoisotopic (exact) mass is 224 g/mol. The second-order valence-electron chi connectivity index (χ2n) is 7.37. The van der Waals surface area contributed by atoms with Crippen molar-refractivity contribution >= 4 is 5.91 Å².